The number of halogens is 1. The van der Waals surface area contributed by atoms with Crippen molar-refractivity contribution in [2.24, 2.45) is 5.73 Å². The first-order valence-corrected chi connectivity index (χ1v) is 5.40. The predicted octanol–water partition coefficient (Wildman–Crippen LogP) is 1.48. The van der Waals surface area contributed by atoms with E-state index in [4.69, 9.17) is 29.6 Å². The summed E-state index contributed by atoms with van der Waals surface area (Å²) in [4.78, 5) is 17.6. The van der Waals surface area contributed by atoms with E-state index in [0.29, 0.717) is 10.7 Å². The van der Waals surface area contributed by atoms with Gasteiger partial charge in [-0.05, 0) is 19.1 Å². The Balaban J connectivity index is 2.86. The largest absolute Gasteiger partial charge is 0.392 e. The summed E-state index contributed by atoms with van der Waals surface area (Å²) in [6.45, 7) is 1.76. The number of nitrogens with zero attached hydrogens (tertiary/aromatic N) is 2. The van der Waals surface area contributed by atoms with Crippen LogP contribution in [0.2, 0.25) is 5.02 Å². The minimum atomic E-state index is -0.306. The smallest absolute Gasteiger partial charge is 0.272 e. The normalized spacial score (nSPS) is 11.9. The van der Waals surface area contributed by atoms with Crippen molar-refractivity contribution in [3.8, 4) is 0 Å². The molecule has 1 heterocycles. The maximum atomic E-state index is 11.9. The number of aromatic nitrogens is 1. The van der Waals surface area contributed by atoms with Gasteiger partial charge in [0.2, 0.25) is 0 Å². The SMILES string of the molecule is CC(C(N)=S)N(C)C(=O)c1ccc(Cl)cn1. The maximum Gasteiger partial charge on any atom is 0.272 e. The molecule has 0 bridgehead atoms. The zero-order valence-corrected chi connectivity index (χ0v) is 10.5. The van der Waals surface area contributed by atoms with Crippen LogP contribution >= 0.6 is 23.8 Å². The van der Waals surface area contributed by atoms with Gasteiger partial charge >= 0.3 is 0 Å². The van der Waals surface area contributed by atoms with Gasteiger partial charge in [0.15, 0.2) is 0 Å². The highest BCUT2D eigenvalue weighted by atomic mass is 35.5. The molecule has 0 aliphatic heterocycles. The first kappa shape index (κ1) is 12.9. The fraction of sp³-hybridized carbons (Fsp3) is 0.300. The minimum absolute atomic E-state index is 0.239. The van der Waals surface area contributed by atoms with E-state index in [9.17, 15) is 4.79 Å². The lowest BCUT2D eigenvalue weighted by molar-refractivity contribution is 0.0773. The number of thiocarbonyl (C=S) groups is 1. The lowest BCUT2D eigenvalue weighted by Gasteiger charge is -2.23. The summed E-state index contributed by atoms with van der Waals surface area (Å²) in [5.41, 5.74) is 5.79. The third kappa shape index (κ3) is 2.90. The molecule has 1 aromatic rings. The van der Waals surface area contributed by atoms with Crippen molar-refractivity contribution in [3.05, 3.63) is 29.0 Å². The van der Waals surface area contributed by atoms with E-state index < -0.39 is 0 Å². The third-order valence-electron chi connectivity index (χ3n) is 2.26. The lowest BCUT2D eigenvalue weighted by atomic mass is 10.2. The van der Waals surface area contributed by atoms with Gasteiger partial charge in [0.1, 0.15) is 5.69 Å². The second kappa shape index (κ2) is 5.23. The van der Waals surface area contributed by atoms with Crippen molar-refractivity contribution >= 4 is 34.7 Å². The van der Waals surface area contributed by atoms with E-state index in [1.165, 1.54) is 11.1 Å². The van der Waals surface area contributed by atoms with Gasteiger partial charge in [-0.1, -0.05) is 23.8 Å². The zero-order valence-electron chi connectivity index (χ0n) is 8.98. The first-order chi connectivity index (χ1) is 7.43. The highest BCUT2D eigenvalue weighted by molar-refractivity contribution is 7.80. The quantitative estimate of drug-likeness (QED) is 0.834. The summed E-state index contributed by atoms with van der Waals surface area (Å²) in [6.07, 6.45) is 1.42. The van der Waals surface area contributed by atoms with Crippen molar-refractivity contribution in [2.45, 2.75) is 13.0 Å². The van der Waals surface area contributed by atoms with E-state index in [1.54, 1.807) is 26.1 Å². The summed E-state index contributed by atoms with van der Waals surface area (Å²) in [5.74, 6) is -0.239. The maximum absolute atomic E-state index is 11.9. The monoisotopic (exact) mass is 257 g/mol. The van der Waals surface area contributed by atoms with Gasteiger partial charge in [-0.2, -0.15) is 0 Å². The number of hydrogen-bond donors (Lipinski definition) is 1. The molecule has 1 unspecified atom stereocenters. The van der Waals surface area contributed by atoms with Gasteiger partial charge in [0, 0.05) is 13.2 Å². The first-order valence-electron chi connectivity index (χ1n) is 4.61. The van der Waals surface area contributed by atoms with Crippen molar-refractivity contribution in [3.63, 3.8) is 0 Å². The molecule has 0 aliphatic carbocycles. The van der Waals surface area contributed by atoms with Crippen LogP contribution < -0.4 is 5.73 Å². The minimum Gasteiger partial charge on any atom is -0.392 e. The number of likely N-dealkylation sites (N-methyl/N-ethyl adjacent to an activating group) is 1. The molecule has 0 radical (unpaired) electrons. The summed E-state index contributed by atoms with van der Waals surface area (Å²) in [6, 6.07) is 2.87. The molecule has 1 amide bonds. The van der Waals surface area contributed by atoms with Gasteiger partial charge < -0.3 is 10.6 Å². The van der Waals surface area contributed by atoms with Gasteiger partial charge in [-0.15, -0.1) is 0 Å². The van der Waals surface area contributed by atoms with Gasteiger partial charge in [-0.3, -0.25) is 4.79 Å². The molecule has 0 fully saturated rings. The summed E-state index contributed by atoms with van der Waals surface area (Å²) < 4.78 is 0. The predicted molar refractivity (Wildman–Crippen MR) is 67.6 cm³/mol. The number of carbonyl (C=O) groups is 1. The van der Waals surface area contributed by atoms with Crippen LogP contribution in [0.15, 0.2) is 18.3 Å². The lowest BCUT2D eigenvalue weighted by Crippen LogP contribution is -2.43. The van der Waals surface area contributed by atoms with Crippen LogP contribution in [0.5, 0.6) is 0 Å². The van der Waals surface area contributed by atoms with Crippen molar-refractivity contribution in [1.29, 1.82) is 0 Å². The van der Waals surface area contributed by atoms with Crippen LogP contribution in [0.1, 0.15) is 17.4 Å². The molecule has 1 aromatic heterocycles. The highest BCUT2D eigenvalue weighted by Gasteiger charge is 2.19. The van der Waals surface area contributed by atoms with Crippen LogP contribution in [0.25, 0.3) is 0 Å². The Morgan fingerprint density at radius 2 is 2.25 bits per heavy atom. The Morgan fingerprint density at radius 1 is 1.62 bits per heavy atom. The molecular weight excluding hydrogens is 246 g/mol. The Bertz CT molecular complexity index is 407. The molecule has 4 nitrogen and oxygen atoms in total. The van der Waals surface area contributed by atoms with Crippen molar-refractivity contribution in [1.82, 2.24) is 9.88 Å². The molecule has 0 spiro atoms. The third-order valence-corrected chi connectivity index (χ3v) is 2.82. The van der Waals surface area contributed by atoms with Crippen LogP contribution in [0.4, 0.5) is 0 Å². The molecule has 0 aliphatic rings. The van der Waals surface area contributed by atoms with Crippen molar-refractivity contribution < 1.29 is 4.79 Å². The van der Waals surface area contributed by atoms with Gasteiger partial charge in [0.05, 0.1) is 16.1 Å². The molecule has 2 N–H and O–H groups in total. The van der Waals surface area contributed by atoms with E-state index in [1.807, 2.05) is 0 Å². The Kier molecular flexibility index (Phi) is 4.20. The average molecular weight is 258 g/mol. The molecule has 1 atom stereocenters. The standard InChI is InChI=1S/C10H12ClN3OS/c1-6(9(12)16)14(2)10(15)8-4-3-7(11)5-13-8/h3-6H,1-2H3,(H2,12,16). The van der Waals surface area contributed by atoms with E-state index >= 15 is 0 Å². The zero-order chi connectivity index (χ0) is 12.3. The fourth-order valence-corrected chi connectivity index (χ4v) is 1.32. The van der Waals surface area contributed by atoms with Crippen LogP contribution in [0, 0.1) is 0 Å². The van der Waals surface area contributed by atoms with E-state index in [2.05, 4.69) is 4.98 Å². The Labute approximate surface area is 104 Å². The van der Waals surface area contributed by atoms with Gasteiger partial charge in [-0.25, -0.2) is 4.98 Å². The summed E-state index contributed by atoms with van der Waals surface area (Å²) >= 11 is 10.5. The molecule has 0 saturated heterocycles. The molecule has 86 valence electrons. The van der Waals surface area contributed by atoms with Crippen LogP contribution in [-0.4, -0.2) is 33.9 Å². The molecule has 1 rings (SSSR count). The van der Waals surface area contributed by atoms with E-state index in [-0.39, 0.29) is 16.9 Å². The number of rotatable bonds is 3. The number of carbonyl (C=O) groups excluding carboxylic acids is 1. The highest BCUT2D eigenvalue weighted by Crippen LogP contribution is 2.09. The topological polar surface area (TPSA) is 59.2 Å². The Hall–Kier alpha value is -1.20. The molecule has 0 saturated carbocycles. The van der Waals surface area contributed by atoms with Crippen LogP contribution in [0.3, 0.4) is 0 Å². The molecule has 16 heavy (non-hydrogen) atoms. The average Bonchev–Trinajstić information content (AvgIpc) is 2.27. The second-order valence-corrected chi connectivity index (χ2v) is 4.26. The molecule has 6 heteroatoms. The van der Waals surface area contributed by atoms with E-state index in [0.717, 1.165) is 0 Å². The second-order valence-electron chi connectivity index (χ2n) is 3.36. The molecular formula is C10H12ClN3OS. The summed E-state index contributed by atoms with van der Waals surface area (Å²) in [7, 11) is 1.63. The number of amides is 1. The van der Waals surface area contributed by atoms with Crippen LogP contribution in [-0.2, 0) is 0 Å². The Morgan fingerprint density at radius 3 is 2.69 bits per heavy atom. The molecule has 0 aromatic carbocycles. The van der Waals surface area contributed by atoms with Gasteiger partial charge in [0.25, 0.3) is 5.91 Å². The number of nitrogens with two attached hydrogens (primary N) is 1. The fourth-order valence-electron chi connectivity index (χ4n) is 1.05. The number of pyridine rings is 1. The number of hydrogen-bond acceptors (Lipinski definition) is 3. The summed E-state index contributed by atoms with van der Waals surface area (Å²) in [5, 5.41) is 0.488. The van der Waals surface area contributed by atoms with Crippen molar-refractivity contribution in [2.75, 3.05) is 7.05 Å².